The summed E-state index contributed by atoms with van der Waals surface area (Å²) >= 11 is 2.16. The molecule has 9 rings (SSSR count). The van der Waals surface area contributed by atoms with Gasteiger partial charge in [-0.05, 0) is 164 Å². The van der Waals surface area contributed by atoms with Crippen LogP contribution in [0.15, 0.2) is 35.9 Å². The topological polar surface area (TPSA) is 330 Å². The molecule has 4 saturated carbocycles. The quantitative estimate of drug-likeness (QED) is 0.0373. The summed E-state index contributed by atoms with van der Waals surface area (Å²) in [5, 5.41) is 107. The molecule has 2 amide bonds. The Kier molecular flexibility index (Phi) is 19.0. The lowest BCUT2D eigenvalue weighted by Gasteiger charge is -2.71. The first kappa shape index (κ1) is 63.7. The Bertz CT molecular complexity index is 2510. The van der Waals surface area contributed by atoms with Crippen molar-refractivity contribution in [3.63, 3.8) is 0 Å². The average molecular weight is 1270 g/mol. The van der Waals surface area contributed by atoms with Gasteiger partial charge in [0, 0.05) is 22.1 Å². The molecule has 7 fully saturated rings. The highest BCUT2D eigenvalue weighted by atomic mass is 127. The number of benzene rings is 1. The van der Waals surface area contributed by atoms with Crippen molar-refractivity contribution >= 4 is 46.7 Å². The number of aliphatic hydroxyl groups excluding tert-OH is 9. The van der Waals surface area contributed by atoms with E-state index in [0.717, 1.165) is 28.3 Å². The normalized spacial score (nSPS) is 46.1. The molecular formula is C60H89IN2O19. The molecule has 0 bridgehead atoms. The zero-order valence-corrected chi connectivity index (χ0v) is 50.4. The van der Waals surface area contributed by atoms with Crippen LogP contribution in [-0.4, -0.2) is 188 Å². The van der Waals surface area contributed by atoms with Crippen LogP contribution in [0.2, 0.25) is 0 Å². The Morgan fingerprint density at radius 3 is 2.15 bits per heavy atom. The summed E-state index contributed by atoms with van der Waals surface area (Å²) in [5.41, 5.74) is -2.41. The lowest BCUT2D eigenvalue weighted by molar-refractivity contribution is -0.370. The molecule has 3 saturated heterocycles. The zero-order chi connectivity index (χ0) is 59.6. The monoisotopic (exact) mass is 1270 g/mol. The minimum absolute atomic E-state index is 0.0188. The fraction of sp³-hybridized carbons (Fsp3) is 0.800. The predicted octanol–water partition coefficient (Wildman–Crippen LogP) is 2.68. The van der Waals surface area contributed by atoms with E-state index >= 15 is 4.79 Å². The summed E-state index contributed by atoms with van der Waals surface area (Å²) in [4.78, 5) is 54.8. The van der Waals surface area contributed by atoms with E-state index in [4.69, 9.17) is 28.4 Å². The van der Waals surface area contributed by atoms with E-state index < -0.39 is 145 Å². The van der Waals surface area contributed by atoms with Crippen LogP contribution in [0.3, 0.4) is 0 Å². The second-order valence-corrected chi connectivity index (χ2v) is 28.2. The van der Waals surface area contributed by atoms with Crippen molar-refractivity contribution in [1.29, 1.82) is 0 Å². The number of halogens is 1. The van der Waals surface area contributed by atoms with E-state index in [2.05, 4.69) is 73.9 Å². The number of carbonyl (C=O) groups is 4. The van der Waals surface area contributed by atoms with E-state index in [1.165, 1.54) is 6.92 Å². The Hall–Kier alpha value is -2.79. The molecule has 1 aromatic carbocycles. The first-order chi connectivity index (χ1) is 38.6. The minimum Gasteiger partial charge on any atom is -0.432 e. The van der Waals surface area contributed by atoms with E-state index in [-0.39, 0.29) is 53.3 Å². The Morgan fingerprint density at radius 2 is 1.45 bits per heavy atom. The Balaban J connectivity index is 0.963. The molecule has 460 valence electrons. The second-order valence-electron chi connectivity index (χ2n) is 26.9. The van der Waals surface area contributed by atoms with Crippen LogP contribution in [0.4, 0.5) is 0 Å². The third-order valence-corrected chi connectivity index (χ3v) is 22.4. The van der Waals surface area contributed by atoms with Crippen LogP contribution < -0.4 is 10.6 Å². The van der Waals surface area contributed by atoms with Gasteiger partial charge in [0.15, 0.2) is 18.7 Å². The SMILES string of the molecule is C[C@H]1O[C@@H](OC2C(O)[C@@H](NC(=O)CCCCCNC(=O)c3ccc(I)cc3)C(CO)O[C@H]2OC(=O)[C@]23CCC(C)(C)CC2C2=CCC4C5(C)CC[C@H](O)[C@](C)(C=O)[C@@H]5CC[C@]4(C)[C@]2(C)CC3O)C(O)C(O)[C@H]1O[C@@H]1OC[C@@H](O)C(O)C1O. The second kappa shape index (κ2) is 24.4. The fourth-order valence-corrected chi connectivity index (χ4v) is 16.9. The fourth-order valence-electron chi connectivity index (χ4n) is 16.6. The van der Waals surface area contributed by atoms with Gasteiger partial charge >= 0.3 is 5.97 Å². The van der Waals surface area contributed by atoms with Crippen LogP contribution in [0.25, 0.3) is 0 Å². The maximum absolute atomic E-state index is 15.7. The maximum atomic E-state index is 15.7. The molecule has 11 unspecified atom stereocenters. The van der Waals surface area contributed by atoms with Crippen LogP contribution in [0, 0.1) is 53.8 Å². The van der Waals surface area contributed by atoms with Gasteiger partial charge in [0.2, 0.25) is 12.2 Å². The third-order valence-electron chi connectivity index (χ3n) is 21.7. The number of rotatable bonds is 16. The van der Waals surface area contributed by atoms with Gasteiger partial charge in [0.05, 0.1) is 43.0 Å². The smallest absolute Gasteiger partial charge is 0.317 e. The number of esters is 1. The number of allylic oxidation sites excluding steroid dienone is 2. The summed E-state index contributed by atoms with van der Waals surface area (Å²) in [6.07, 6.45) is -13.8. The zero-order valence-electron chi connectivity index (χ0n) is 48.2. The molecule has 24 atom stereocenters. The molecular weight excluding hydrogens is 1180 g/mol. The number of fused-ring (bicyclic) bond motifs is 7. The van der Waals surface area contributed by atoms with Gasteiger partial charge in [-0.3, -0.25) is 14.4 Å². The van der Waals surface area contributed by atoms with Gasteiger partial charge in [-0.25, -0.2) is 0 Å². The van der Waals surface area contributed by atoms with Gasteiger partial charge < -0.3 is 89.8 Å². The predicted molar refractivity (Wildman–Crippen MR) is 300 cm³/mol. The van der Waals surface area contributed by atoms with Crippen LogP contribution >= 0.6 is 22.6 Å². The third kappa shape index (κ3) is 11.3. The van der Waals surface area contributed by atoms with Gasteiger partial charge in [-0.1, -0.05) is 59.6 Å². The molecule has 3 heterocycles. The highest BCUT2D eigenvalue weighted by Crippen LogP contribution is 2.76. The van der Waals surface area contributed by atoms with Crippen LogP contribution in [-0.2, 0) is 42.8 Å². The van der Waals surface area contributed by atoms with E-state index in [1.807, 2.05) is 19.1 Å². The standard InChI is InChI=1S/C60H89IN2O19/c1-30-48(80-51-46(73)43(70)35(66)28-77-51)45(72)47(74)52(78-30)81-49-44(71)42(63-41(69)11-9-8-10-24-62-50(75)31-12-14-32(61)15-13-31)36(27-64)79-53(49)82-54(76)60-23-22-55(2,3)25-34(60)33-16-17-38-56(4)20-19-39(67)57(5,29-65)37(56)18-21-58(38,6)59(33,7)26-40(60)68/h12-16,29-30,34-40,42-49,51-53,64,66-68,70-74H,8-11,17-28H2,1-7H3,(H,62,75)(H,63,69)/t30-,34?,35-,36?,37-,38?,39+,40?,42+,43?,44?,45?,46?,47?,48+,49?,51+,52+,53+,56?,57-,58+,59-,60-/m1/s1. The number of unbranched alkanes of at least 4 members (excludes halogenated alkanes) is 2. The first-order valence-corrected chi connectivity index (χ1v) is 30.7. The molecule has 82 heavy (non-hydrogen) atoms. The van der Waals surface area contributed by atoms with E-state index in [0.29, 0.717) is 63.5 Å². The summed E-state index contributed by atoms with van der Waals surface area (Å²) in [6, 6.07) is 5.76. The van der Waals surface area contributed by atoms with Crippen molar-refractivity contribution in [3.8, 4) is 0 Å². The lowest BCUT2D eigenvalue weighted by Crippen LogP contribution is -2.69. The van der Waals surface area contributed by atoms with Gasteiger partial charge in [0.25, 0.3) is 5.91 Å². The number of nitrogens with one attached hydrogen (secondary N) is 2. The number of amides is 2. The molecule has 5 aliphatic carbocycles. The van der Waals surface area contributed by atoms with Crippen molar-refractivity contribution in [1.82, 2.24) is 10.6 Å². The van der Waals surface area contributed by atoms with Crippen molar-refractivity contribution in [2.45, 2.75) is 230 Å². The minimum atomic E-state index is -1.96. The van der Waals surface area contributed by atoms with E-state index in [9.17, 15) is 60.3 Å². The Morgan fingerprint density at radius 1 is 0.756 bits per heavy atom. The lowest BCUT2D eigenvalue weighted by atomic mass is 9.33. The van der Waals surface area contributed by atoms with Crippen molar-refractivity contribution in [2.75, 3.05) is 19.8 Å². The molecule has 1 aromatic rings. The maximum Gasteiger partial charge on any atom is 0.317 e. The van der Waals surface area contributed by atoms with Crippen molar-refractivity contribution in [2.24, 2.45) is 50.2 Å². The van der Waals surface area contributed by atoms with Crippen LogP contribution in [0.5, 0.6) is 0 Å². The van der Waals surface area contributed by atoms with Gasteiger partial charge in [0.1, 0.15) is 60.5 Å². The number of aliphatic hydroxyl groups is 9. The summed E-state index contributed by atoms with van der Waals surface area (Å²) in [7, 11) is 0. The van der Waals surface area contributed by atoms with Crippen molar-refractivity contribution in [3.05, 3.63) is 45.0 Å². The summed E-state index contributed by atoms with van der Waals surface area (Å²) < 4.78 is 37.5. The largest absolute Gasteiger partial charge is 0.432 e. The summed E-state index contributed by atoms with van der Waals surface area (Å²) in [5.74, 6) is -2.06. The number of aldehydes is 1. The molecule has 3 aliphatic heterocycles. The van der Waals surface area contributed by atoms with E-state index in [1.54, 1.807) is 12.1 Å². The van der Waals surface area contributed by atoms with Crippen LogP contribution in [0.1, 0.15) is 142 Å². The summed E-state index contributed by atoms with van der Waals surface area (Å²) in [6.45, 7) is 13.6. The van der Waals surface area contributed by atoms with Gasteiger partial charge in [-0.2, -0.15) is 0 Å². The number of carbonyl (C=O) groups excluding carboxylic acids is 4. The Labute approximate surface area is 493 Å². The first-order valence-electron chi connectivity index (χ1n) is 29.6. The molecule has 0 spiro atoms. The average Bonchev–Trinajstić information content (AvgIpc) is 3.61. The molecule has 0 aromatic heterocycles. The number of hydrogen-bond donors (Lipinski definition) is 11. The number of ether oxygens (including phenoxy) is 6. The highest BCUT2D eigenvalue weighted by molar-refractivity contribution is 14.1. The molecule has 8 aliphatic rings. The molecule has 0 radical (unpaired) electrons. The molecule has 22 heteroatoms. The highest BCUT2D eigenvalue weighted by Gasteiger charge is 2.72. The number of hydrogen-bond acceptors (Lipinski definition) is 19. The molecule has 11 N–H and O–H groups in total. The molecule has 21 nitrogen and oxygen atoms in total. The van der Waals surface area contributed by atoms with Crippen molar-refractivity contribution < 1.29 is 93.6 Å². The van der Waals surface area contributed by atoms with Gasteiger partial charge in [-0.15, -0.1) is 0 Å².